The number of rotatable bonds is 6. The van der Waals surface area contributed by atoms with Gasteiger partial charge in [-0.15, -0.1) is 0 Å². The highest BCUT2D eigenvalue weighted by Crippen LogP contribution is 2.23. The second kappa shape index (κ2) is 6.96. The van der Waals surface area contributed by atoms with Crippen molar-refractivity contribution in [2.45, 2.75) is 25.0 Å². The summed E-state index contributed by atoms with van der Waals surface area (Å²) in [6.45, 7) is 0. The summed E-state index contributed by atoms with van der Waals surface area (Å²) in [5.74, 6) is -0.347. The third-order valence-corrected chi connectivity index (χ3v) is 3.43. The summed E-state index contributed by atoms with van der Waals surface area (Å²) in [6, 6.07) is 12.6. The molecule has 0 unspecified atom stereocenters. The van der Waals surface area contributed by atoms with Gasteiger partial charge in [0.05, 0.1) is 6.26 Å². The molecule has 118 valence electrons. The van der Waals surface area contributed by atoms with E-state index in [4.69, 9.17) is 9.15 Å². The van der Waals surface area contributed by atoms with Gasteiger partial charge in [0.2, 0.25) is 6.10 Å². The molecule has 5 nitrogen and oxygen atoms in total. The van der Waals surface area contributed by atoms with Gasteiger partial charge in [-0.1, -0.05) is 30.3 Å². The van der Waals surface area contributed by atoms with Crippen molar-refractivity contribution >= 4 is 18.0 Å². The Bertz CT molecular complexity index is 687. The summed E-state index contributed by atoms with van der Waals surface area (Å²) in [4.78, 5) is 24.3. The fourth-order valence-electron chi connectivity index (χ4n) is 2.10. The topological polar surface area (TPSA) is 68.5 Å². The van der Waals surface area contributed by atoms with E-state index in [0.717, 1.165) is 12.8 Å². The molecule has 23 heavy (non-hydrogen) atoms. The van der Waals surface area contributed by atoms with E-state index >= 15 is 0 Å². The molecular formula is C18H17NO4. The van der Waals surface area contributed by atoms with Crippen molar-refractivity contribution in [1.82, 2.24) is 5.32 Å². The lowest BCUT2D eigenvalue weighted by Gasteiger charge is -2.17. The molecule has 1 aliphatic rings. The zero-order valence-electron chi connectivity index (χ0n) is 12.5. The molecule has 1 fully saturated rings. The van der Waals surface area contributed by atoms with Gasteiger partial charge < -0.3 is 14.5 Å². The smallest absolute Gasteiger partial charge is 0.332 e. The number of furan rings is 1. The Balaban J connectivity index is 1.69. The summed E-state index contributed by atoms with van der Waals surface area (Å²) in [5, 5.41) is 2.87. The largest absolute Gasteiger partial charge is 0.465 e. The van der Waals surface area contributed by atoms with Crippen LogP contribution in [-0.4, -0.2) is 17.9 Å². The van der Waals surface area contributed by atoms with Crippen molar-refractivity contribution < 1.29 is 18.7 Å². The normalized spacial score (nSPS) is 15.3. The fourth-order valence-corrected chi connectivity index (χ4v) is 2.10. The molecule has 3 rings (SSSR count). The van der Waals surface area contributed by atoms with Gasteiger partial charge in [-0.3, -0.25) is 4.79 Å². The van der Waals surface area contributed by atoms with Gasteiger partial charge in [0.15, 0.2) is 0 Å². The summed E-state index contributed by atoms with van der Waals surface area (Å²) in [5.41, 5.74) is 0.644. The van der Waals surface area contributed by atoms with Crippen LogP contribution in [0.15, 0.2) is 59.2 Å². The summed E-state index contributed by atoms with van der Waals surface area (Å²) in [7, 11) is 0. The third kappa shape index (κ3) is 4.32. The van der Waals surface area contributed by atoms with E-state index in [1.54, 1.807) is 36.4 Å². The Kier molecular flexibility index (Phi) is 4.57. The lowest BCUT2D eigenvalue weighted by Crippen LogP contribution is -2.33. The summed E-state index contributed by atoms with van der Waals surface area (Å²) >= 11 is 0. The van der Waals surface area contributed by atoms with Crippen LogP contribution in [0.2, 0.25) is 0 Å². The van der Waals surface area contributed by atoms with E-state index in [2.05, 4.69) is 5.32 Å². The third-order valence-electron chi connectivity index (χ3n) is 3.43. The van der Waals surface area contributed by atoms with Crippen LogP contribution >= 0.6 is 0 Å². The second-order valence-corrected chi connectivity index (χ2v) is 5.36. The van der Waals surface area contributed by atoms with E-state index in [9.17, 15) is 9.59 Å². The number of nitrogens with one attached hydrogen (secondary N) is 1. The molecule has 1 atom stereocenters. The molecule has 1 aromatic heterocycles. The van der Waals surface area contributed by atoms with E-state index in [0.29, 0.717) is 11.3 Å². The SMILES string of the molecule is O=C(/C=C/c1ccco1)O[C@@H](C(=O)NC1CC1)c1ccccc1. The molecule has 2 aromatic rings. The number of carbonyl (C=O) groups is 2. The Labute approximate surface area is 133 Å². The predicted octanol–water partition coefficient (Wildman–Crippen LogP) is 2.86. The maximum absolute atomic E-state index is 12.3. The fraction of sp³-hybridized carbons (Fsp3) is 0.222. The van der Waals surface area contributed by atoms with E-state index in [-0.39, 0.29) is 11.9 Å². The molecule has 1 N–H and O–H groups in total. The average molecular weight is 311 g/mol. The lowest BCUT2D eigenvalue weighted by molar-refractivity contribution is -0.151. The van der Waals surface area contributed by atoms with Crippen LogP contribution in [0.25, 0.3) is 6.08 Å². The number of amides is 1. The van der Waals surface area contributed by atoms with Crippen LogP contribution < -0.4 is 5.32 Å². The first-order valence-electron chi connectivity index (χ1n) is 7.50. The predicted molar refractivity (Wildman–Crippen MR) is 84.2 cm³/mol. The van der Waals surface area contributed by atoms with Crippen molar-refractivity contribution in [3.8, 4) is 0 Å². The van der Waals surface area contributed by atoms with Gasteiger partial charge in [-0.05, 0) is 31.1 Å². The molecule has 0 bridgehead atoms. The maximum atomic E-state index is 12.3. The first-order valence-corrected chi connectivity index (χ1v) is 7.50. The second-order valence-electron chi connectivity index (χ2n) is 5.36. The van der Waals surface area contributed by atoms with Gasteiger partial charge >= 0.3 is 5.97 Å². The highest BCUT2D eigenvalue weighted by Gasteiger charge is 2.30. The summed E-state index contributed by atoms with van der Waals surface area (Å²) in [6.07, 6.45) is 5.26. The van der Waals surface area contributed by atoms with Gasteiger partial charge in [0, 0.05) is 17.7 Å². The Morgan fingerprint density at radius 2 is 1.96 bits per heavy atom. The van der Waals surface area contributed by atoms with Gasteiger partial charge in [-0.25, -0.2) is 4.79 Å². The Morgan fingerprint density at radius 1 is 1.17 bits per heavy atom. The van der Waals surface area contributed by atoms with Crippen molar-refractivity contribution in [2.75, 3.05) is 0 Å². The molecule has 5 heteroatoms. The standard InChI is InChI=1S/C18H17NO4/c20-16(11-10-15-7-4-12-22-15)23-17(13-5-2-1-3-6-13)18(21)19-14-8-9-14/h1-7,10-12,14,17H,8-9H2,(H,19,21)/b11-10+/t17-/m1/s1. The summed E-state index contributed by atoms with van der Waals surface area (Å²) < 4.78 is 10.5. The molecular weight excluding hydrogens is 294 g/mol. The number of esters is 1. The minimum atomic E-state index is -0.953. The first-order chi connectivity index (χ1) is 11.2. The average Bonchev–Trinajstić information content (AvgIpc) is 3.22. The zero-order valence-corrected chi connectivity index (χ0v) is 12.5. The number of ether oxygens (including phenoxy) is 1. The minimum Gasteiger partial charge on any atom is -0.465 e. The van der Waals surface area contributed by atoms with Crippen molar-refractivity contribution in [1.29, 1.82) is 0 Å². The van der Waals surface area contributed by atoms with Crippen LogP contribution in [0.4, 0.5) is 0 Å². The molecule has 1 heterocycles. The van der Waals surface area contributed by atoms with Gasteiger partial charge in [0.1, 0.15) is 5.76 Å². The maximum Gasteiger partial charge on any atom is 0.332 e. The minimum absolute atomic E-state index is 0.200. The molecule has 1 aliphatic carbocycles. The number of hydrogen-bond acceptors (Lipinski definition) is 4. The van der Waals surface area contributed by atoms with E-state index in [1.807, 2.05) is 6.07 Å². The number of carbonyl (C=O) groups excluding carboxylic acids is 2. The van der Waals surface area contributed by atoms with Crippen LogP contribution in [0.1, 0.15) is 30.3 Å². The van der Waals surface area contributed by atoms with Crippen LogP contribution in [0, 0.1) is 0 Å². The first kappa shape index (κ1) is 15.1. The molecule has 0 radical (unpaired) electrons. The quantitative estimate of drug-likeness (QED) is 0.658. The molecule has 0 saturated heterocycles. The van der Waals surface area contributed by atoms with E-state index < -0.39 is 12.1 Å². The number of benzene rings is 1. The van der Waals surface area contributed by atoms with Crippen LogP contribution in [-0.2, 0) is 14.3 Å². The monoisotopic (exact) mass is 311 g/mol. The molecule has 1 saturated carbocycles. The highest BCUT2D eigenvalue weighted by molar-refractivity contribution is 5.90. The number of hydrogen-bond donors (Lipinski definition) is 1. The highest BCUT2D eigenvalue weighted by atomic mass is 16.5. The Morgan fingerprint density at radius 3 is 2.61 bits per heavy atom. The van der Waals surface area contributed by atoms with Gasteiger partial charge in [0.25, 0.3) is 5.91 Å². The molecule has 1 amide bonds. The molecule has 0 aliphatic heterocycles. The van der Waals surface area contributed by atoms with Crippen LogP contribution in [0.5, 0.6) is 0 Å². The molecule has 0 spiro atoms. The van der Waals surface area contributed by atoms with Gasteiger partial charge in [-0.2, -0.15) is 0 Å². The Hall–Kier alpha value is -2.82. The lowest BCUT2D eigenvalue weighted by atomic mass is 10.1. The molecule has 1 aromatic carbocycles. The van der Waals surface area contributed by atoms with Crippen molar-refractivity contribution in [2.24, 2.45) is 0 Å². The zero-order chi connectivity index (χ0) is 16.1. The van der Waals surface area contributed by atoms with Crippen molar-refractivity contribution in [3.63, 3.8) is 0 Å². The van der Waals surface area contributed by atoms with Crippen LogP contribution in [0.3, 0.4) is 0 Å². The van der Waals surface area contributed by atoms with Crippen molar-refractivity contribution in [3.05, 3.63) is 66.1 Å². The van der Waals surface area contributed by atoms with E-state index in [1.165, 1.54) is 18.4 Å².